The smallest absolute Gasteiger partial charge is 0.412 e. The molecule has 37 heavy (non-hydrogen) atoms. The van der Waals surface area contributed by atoms with E-state index in [1.165, 1.54) is 23.6 Å². The normalized spacial score (nSPS) is 17.7. The molecule has 2 aromatic rings. The first-order valence-electron chi connectivity index (χ1n) is 11.9. The molecule has 1 fully saturated rings. The molecule has 1 aliphatic carbocycles. The number of nitrogens with zero attached hydrogens (tertiary/aromatic N) is 4. The fraction of sp³-hybridized carbons (Fsp3) is 0.480. The van der Waals surface area contributed by atoms with Gasteiger partial charge in [0, 0.05) is 25.3 Å². The standard InChI is InChI=1S/C25H31N5O6S/c1-25(2,3)36-23(32)26-18-10-6-8-16(14-18)9-7-13-30-20-19(21(31)29(5)24(30)33)28(4)22(27-20)37(34,35)15-17-11-12-17/h6,8,10,14,17,24,33H,11-13,15H2,1-5H3,(H,26,32). The first-order valence-corrected chi connectivity index (χ1v) is 13.5. The molecule has 2 N–H and O–H groups in total. The van der Waals surface area contributed by atoms with E-state index in [-0.39, 0.29) is 34.9 Å². The average molecular weight is 530 g/mol. The maximum Gasteiger partial charge on any atom is 0.412 e. The van der Waals surface area contributed by atoms with Crippen molar-refractivity contribution in [3.05, 3.63) is 35.5 Å². The molecule has 4 rings (SSSR count). The minimum atomic E-state index is -3.70. The molecule has 0 radical (unpaired) electrons. The summed E-state index contributed by atoms with van der Waals surface area (Å²) < 4.78 is 32.4. The minimum absolute atomic E-state index is 0.0171. The van der Waals surface area contributed by atoms with Gasteiger partial charge >= 0.3 is 6.09 Å². The van der Waals surface area contributed by atoms with Crippen LogP contribution in [0.2, 0.25) is 0 Å². The lowest BCUT2D eigenvalue weighted by Crippen LogP contribution is -2.54. The van der Waals surface area contributed by atoms with Gasteiger partial charge in [-0.2, -0.15) is 4.98 Å². The van der Waals surface area contributed by atoms with E-state index in [2.05, 4.69) is 22.1 Å². The highest BCUT2D eigenvalue weighted by molar-refractivity contribution is 7.91. The van der Waals surface area contributed by atoms with Crippen LogP contribution in [0.25, 0.3) is 0 Å². The molecule has 1 saturated carbocycles. The molecule has 2 aliphatic rings. The van der Waals surface area contributed by atoms with Crippen LogP contribution >= 0.6 is 0 Å². The van der Waals surface area contributed by atoms with Crippen LogP contribution in [-0.4, -0.2) is 71.3 Å². The van der Waals surface area contributed by atoms with Crippen LogP contribution in [0, 0.1) is 17.8 Å². The Bertz CT molecular complexity index is 1390. The van der Waals surface area contributed by atoms with Crippen LogP contribution in [0.4, 0.5) is 16.3 Å². The summed E-state index contributed by atoms with van der Waals surface area (Å²) in [6, 6.07) is 6.86. The molecular formula is C25H31N5O6S. The zero-order valence-corrected chi connectivity index (χ0v) is 22.3. The van der Waals surface area contributed by atoms with Gasteiger partial charge in [0.05, 0.1) is 12.3 Å². The average Bonchev–Trinajstić information content (AvgIpc) is 3.52. The zero-order valence-electron chi connectivity index (χ0n) is 21.5. The summed E-state index contributed by atoms with van der Waals surface area (Å²) >= 11 is 0. The van der Waals surface area contributed by atoms with Gasteiger partial charge in [0.25, 0.3) is 5.91 Å². The fourth-order valence-electron chi connectivity index (χ4n) is 3.92. The summed E-state index contributed by atoms with van der Waals surface area (Å²) in [6.07, 6.45) is -0.236. The number of imidazole rings is 1. The molecule has 0 spiro atoms. The molecule has 0 saturated heterocycles. The maximum atomic E-state index is 12.9. The topological polar surface area (TPSA) is 134 Å². The molecule has 0 bridgehead atoms. The number of aliphatic hydroxyl groups is 1. The Morgan fingerprint density at radius 3 is 2.62 bits per heavy atom. The monoisotopic (exact) mass is 529 g/mol. The predicted octanol–water partition coefficient (Wildman–Crippen LogP) is 2.17. The summed E-state index contributed by atoms with van der Waals surface area (Å²) in [5.41, 5.74) is 0.542. The van der Waals surface area contributed by atoms with E-state index < -0.39 is 33.8 Å². The zero-order chi connectivity index (χ0) is 27.1. The van der Waals surface area contributed by atoms with Gasteiger partial charge in [-0.25, -0.2) is 13.2 Å². The van der Waals surface area contributed by atoms with Gasteiger partial charge in [0.15, 0.2) is 11.5 Å². The van der Waals surface area contributed by atoms with Crippen LogP contribution in [-0.2, 0) is 21.6 Å². The molecular weight excluding hydrogens is 498 g/mol. The van der Waals surface area contributed by atoms with Crippen molar-refractivity contribution in [2.45, 2.75) is 50.7 Å². The first kappa shape index (κ1) is 26.5. The van der Waals surface area contributed by atoms with Gasteiger partial charge in [-0.15, -0.1) is 0 Å². The summed E-state index contributed by atoms with van der Waals surface area (Å²) in [5, 5.41) is 13.2. The van der Waals surface area contributed by atoms with Crippen molar-refractivity contribution < 1.29 is 27.9 Å². The number of amides is 2. The highest BCUT2D eigenvalue weighted by Gasteiger charge is 2.41. The number of aliphatic hydroxyl groups excluding tert-OH is 1. The van der Waals surface area contributed by atoms with Gasteiger partial charge in [-0.3, -0.25) is 15.0 Å². The van der Waals surface area contributed by atoms with E-state index in [1.54, 1.807) is 45.0 Å². The Labute approximate surface area is 216 Å². The Hall–Kier alpha value is -3.56. The first-order chi connectivity index (χ1) is 17.3. The summed E-state index contributed by atoms with van der Waals surface area (Å²) in [5.74, 6) is 5.55. The van der Waals surface area contributed by atoms with Crippen LogP contribution < -0.4 is 10.2 Å². The van der Waals surface area contributed by atoms with E-state index in [4.69, 9.17) is 4.74 Å². The lowest BCUT2D eigenvalue weighted by Gasteiger charge is -2.37. The molecule has 2 amide bonds. The lowest BCUT2D eigenvalue weighted by molar-refractivity contribution is 0.0139. The van der Waals surface area contributed by atoms with Gasteiger partial charge in [-0.1, -0.05) is 17.9 Å². The molecule has 1 atom stereocenters. The van der Waals surface area contributed by atoms with Crippen molar-refractivity contribution in [3.63, 3.8) is 0 Å². The van der Waals surface area contributed by atoms with Crippen molar-refractivity contribution in [2.75, 3.05) is 29.6 Å². The molecule has 2 heterocycles. The number of aromatic nitrogens is 2. The van der Waals surface area contributed by atoms with E-state index in [0.717, 1.165) is 17.7 Å². The van der Waals surface area contributed by atoms with Gasteiger partial charge < -0.3 is 19.3 Å². The number of nitrogens with one attached hydrogen (secondary N) is 1. The molecule has 1 unspecified atom stereocenters. The highest BCUT2D eigenvalue weighted by Crippen LogP contribution is 2.35. The number of anilines is 2. The number of hydrogen-bond acceptors (Lipinski definition) is 8. The third-order valence-corrected chi connectivity index (χ3v) is 7.71. The van der Waals surface area contributed by atoms with Gasteiger partial charge in [-0.05, 0) is 57.7 Å². The van der Waals surface area contributed by atoms with Gasteiger partial charge in [0.2, 0.25) is 21.3 Å². The molecule has 12 heteroatoms. The summed E-state index contributed by atoms with van der Waals surface area (Å²) in [6.45, 7) is 5.28. The Morgan fingerprint density at radius 2 is 1.97 bits per heavy atom. The van der Waals surface area contributed by atoms with Crippen molar-refractivity contribution >= 4 is 33.3 Å². The molecule has 1 aromatic heterocycles. The third kappa shape index (κ3) is 5.89. The Morgan fingerprint density at radius 1 is 1.27 bits per heavy atom. The minimum Gasteiger partial charge on any atom is -0.444 e. The largest absolute Gasteiger partial charge is 0.444 e. The van der Waals surface area contributed by atoms with Gasteiger partial charge in [0.1, 0.15) is 5.60 Å². The van der Waals surface area contributed by atoms with E-state index in [1.807, 2.05) is 0 Å². The van der Waals surface area contributed by atoms with Crippen LogP contribution in [0.5, 0.6) is 0 Å². The highest BCUT2D eigenvalue weighted by atomic mass is 32.2. The van der Waals surface area contributed by atoms with Crippen LogP contribution in [0.3, 0.4) is 0 Å². The third-order valence-electron chi connectivity index (χ3n) is 5.88. The number of carbonyl (C=O) groups is 2. The molecule has 1 aliphatic heterocycles. The maximum absolute atomic E-state index is 12.9. The van der Waals surface area contributed by atoms with Crippen molar-refractivity contribution in [1.82, 2.24) is 14.5 Å². The number of benzene rings is 1. The van der Waals surface area contributed by atoms with E-state index in [9.17, 15) is 23.1 Å². The number of sulfone groups is 1. The molecule has 1 aromatic carbocycles. The second-order valence-electron chi connectivity index (χ2n) is 10.3. The van der Waals surface area contributed by atoms with E-state index in [0.29, 0.717) is 11.3 Å². The van der Waals surface area contributed by atoms with Crippen LogP contribution in [0.15, 0.2) is 29.4 Å². The Kier molecular flexibility index (Phi) is 6.96. The summed E-state index contributed by atoms with van der Waals surface area (Å²) in [7, 11) is -0.789. The second-order valence-corrected chi connectivity index (χ2v) is 12.2. The fourth-order valence-corrected chi connectivity index (χ4v) is 5.76. The predicted molar refractivity (Wildman–Crippen MR) is 137 cm³/mol. The Balaban J connectivity index is 1.57. The number of fused-ring (bicyclic) bond motifs is 1. The SMILES string of the molecule is CN1C(=O)c2c(nc(S(=O)(=O)CC3CC3)n2C)N(CC#Cc2cccc(NC(=O)OC(C)(C)C)c2)C1O. The quantitative estimate of drug-likeness (QED) is 0.563. The van der Waals surface area contributed by atoms with E-state index >= 15 is 0 Å². The number of ether oxygens (including phenoxy) is 1. The number of carbonyl (C=O) groups excluding carboxylic acids is 2. The van der Waals surface area contributed by atoms with Crippen molar-refractivity contribution in [2.24, 2.45) is 13.0 Å². The van der Waals surface area contributed by atoms with Crippen molar-refractivity contribution in [3.8, 4) is 11.8 Å². The number of hydrogen-bond donors (Lipinski definition) is 2. The lowest BCUT2D eigenvalue weighted by atomic mass is 10.2. The summed E-state index contributed by atoms with van der Waals surface area (Å²) in [4.78, 5) is 31.7. The molecule has 11 nitrogen and oxygen atoms in total. The van der Waals surface area contributed by atoms with Crippen LogP contribution in [0.1, 0.15) is 49.7 Å². The van der Waals surface area contributed by atoms with Crippen molar-refractivity contribution in [1.29, 1.82) is 0 Å². The second kappa shape index (κ2) is 9.72. The molecule has 198 valence electrons. The number of rotatable bonds is 5.